The summed E-state index contributed by atoms with van der Waals surface area (Å²) in [5.41, 5.74) is 1.71. The lowest BCUT2D eigenvalue weighted by Crippen LogP contribution is -2.07. The molecule has 0 radical (unpaired) electrons. The van der Waals surface area contributed by atoms with Crippen LogP contribution in [0.1, 0.15) is 29.4 Å². The number of benzene rings is 1. The molecule has 2 aromatic heterocycles. The summed E-state index contributed by atoms with van der Waals surface area (Å²) in [6.07, 6.45) is 1.98. The van der Waals surface area contributed by atoms with E-state index >= 15 is 0 Å². The van der Waals surface area contributed by atoms with Crippen LogP contribution in [0.2, 0.25) is 0 Å². The van der Waals surface area contributed by atoms with Crippen molar-refractivity contribution >= 4 is 44.2 Å². The van der Waals surface area contributed by atoms with Gasteiger partial charge in [0.1, 0.15) is 16.8 Å². The fourth-order valence-corrected chi connectivity index (χ4v) is 3.73. The molecule has 0 bridgehead atoms. The summed E-state index contributed by atoms with van der Waals surface area (Å²) >= 11 is 1.39. The number of imidazole rings is 1. The molecule has 0 amide bonds. The van der Waals surface area contributed by atoms with Gasteiger partial charge in [0.25, 0.3) is 0 Å². The summed E-state index contributed by atoms with van der Waals surface area (Å²) in [7, 11) is 3.52. The molecular weight excluding hydrogens is 328 g/mol. The maximum Gasteiger partial charge on any atom is 0.306 e. The molecule has 7 heteroatoms. The van der Waals surface area contributed by atoms with Gasteiger partial charge >= 0.3 is 5.97 Å². The zero-order valence-corrected chi connectivity index (χ0v) is 14.6. The number of fused-ring (bicyclic) bond motifs is 3. The topological polar surface area (TPSA) is 70.4 Å². The number of esters is 1. The van der Waals surface area contributed by atoms with Crippen LogP contribution in [0.15, 0.2) is 18.5 Å². The number of nitrogens with zero attached hydrogens (tertiary/aromatic N) is 2. The molecule has 3 rings (SSSR count). The third-order valence-corrected chi connectivity index (χ3v) is 4.93. The van der Waals surface area contributed by atoms with Gasteiger partial charge in [-0.1, -0.05) is 0 Å². The molecule has 0 unspecified atom stereocenters. The molecule has 6 nitrogen and oxygen atoms in total. The van der Waals surface area contributed by atoms with E-state index in [9.17, 15) is 9.59 Å². The van der Waals surface area contributed by atoms with Crippen molar-refractivity contribution in [2.24, 2.45) is 7.05 Å². The second-order valence-electron chi connectivity index (χ2n) is 5.38. The summed E-state index contributed by atoms with van der Waals surface area (Å²) in [5, 5.41) is 0.927. The molecule has 0 saturated heterocycles. The predicted molar refractivity (Wildman–Crippen MR) is 92.8 cm³/mol. The van der Waals surface area contributed by atoms with Gasteiger partial charge in [-0.25, -0.2) is 4.98 Å². The molecule has 0 aliphatic heterocycles. The van der Waals surface area contributed by atoms with Gasteiger partial charge < -0.3 is 14.0 Å². The minimum atomic E-state index is -0.347. The standard InChI is InChI=1S/C17H18N2O4S/c1-4-23-15(21)6-5-11(20)14-7-10-13(24-14)8-12(22-3)17-16(10)18-9-19(17)2/h7-9H,4-6H2,1-3H3. The minimum absolute atomic E-state index is 0.0627. The monoisotopic (exact) mass is 346 g/mol. The fraction of sp³-hybridized carbons (Fsp3) is 0.353. The Hall–Kier alpha value is -2.41. The van der Waals surface area contributed by atoms with Crippen molar-refractivity contribution in [2.45, 2.75) is 19.8 Å². The Kier molecular flexibility index (Phi) is 4.53. The number of thiophene rings is 1. The van der Waals surface area contributed by atoms with Gasteiger partial charge in [-0.3, -0.25) is 9.59 Å². The smallest absolute Gasteiger partial charge is 0.306 e. The van der Waals surface area contributed by atoms with Crippen LogP contribution in [0, 0.1) is 0 Å². The SMILES string of the molecule is CCOC(=O)CCC(=O)c1cc2c(cc(OC)c3c2ncn3C)s1. The van der Waals surface area contributed by atoms with Gasteiger partial charge in [0.2, 0.25) is 0 Å². The minimum Gasteiger partial charge on any atom is -0.494 e. The predicted octanol–water partition coefficient (Wildman–Crippen LogP) is 3.32. The lowest BCUT2D eigenvalue weighted by molar-refractivity contribution is -0.143. The Bertz CT molecular complexity index is 926. The molecule has 0 N–H and O–H groups in total. The average molecular weight is 346 g/mol. The Balaban J connectivity index is 1.95. The molecule has 2 heterocycles. The third-order valence-electron chi connectivity index (χ3n) is 3.80. The van der Waals surface area contributed by atoms with Gasteiger partial charge in [0, 0.05) is 29.6 Å². The Morgan fingerprint density at radius 1 is 1.29 bits per heavy atom. The van der Waals surface area contributed by atoms with E-state index in [2.05, 4.69) is 4.98 Å². The van der Waals surface area contributed by atoms with E-state index < -0.39 is 0 Å². The second kappa shape index (κ2) is 6.60. The van der Waals surface area contributed by atoms with Crippen molar-refractivity contribution in [1.82, 2.24) is 9.55 Å². The van der Waals surface area contributed by atoms with Crippen LogP contribution in [-0.2, 0) is 16.6 Å². The lowest BCUT2D eigenvalue weighted by Gasteiger charge is -2.04. The number of Topliss-reactive ketones (excluding diaryl/α,β-unsaturated/α-hetero) is 1. The fourth-order valence-electron chi connectivity index (χ4n) is 2.67. The highest BCUT2D eigenvalue weighted by atomic mass is 32.1. The summed E-state index contributed by atoms with van der Waals surface area (Å²) in [6.45, 7) is 2.07. The summed E-state index contributed by atoms with van der Waals surface area (Å²) in [6, 6.07) is 3.77. The zero-order chi connectivity index (χ0) is 17.3. The maximum atomic E-state index is 12.4. The molecule has 0 aliphatic rings. The van der Waals surface area contributed by atoms with Gasteiger partial charge in [-0.05, 0) is 13.0 Å². The first kappa shape index (κ1) is 16.4. The van der Waals surface area contributed by atoms with Crippen LogP contribution in [0.5, 0.6) is 5.75 Å². The molecule has 126 valence electrons. The second-order valence-corrected chi connectivity index (χ2v) is 6.47. The zero-order valence-electron chi connectivity index (χ0n) is 13.8. The van der Waals surface area contributed by atoms with E-state index in [0.717, 1.165) is 26.9 Å². The summed E-state index contributed by atoms with van der Waals surface area (Å²) < 4.78 is 13.1. The van der Waals surface area contributed by atoms with E-state index in [0.29, 0.717) is 11.5 Å². The molecule has 0 fully saturated rings. The van der Waals surface area contributed by atoms with Crippen molar-refractivity contribution in [3.05, 3.63) is 23.3 Å². The number of ketones is 1. The number of carbonyl (C=O) groups excluding carboxylic acids is 2. The highest BCUT2D eigenvalue weighted by Crippen LogP contribution is 2.37. The largest absolute Gasteiger partial charge is 0.494 e. The van der Waals surface area contributed by atoms with Crippen molar-refractivity contribution in [3.63, 3.8) is 0 Å². The Labute approximate surface area is 143 Å². The van der Waals surface area contributed by atoms with Crippen LogP contribution < -0.4 is 4.74 Å². The van der Waals surface area contributed by atoms with E-state index in [4.69, 9.17) is 9.47 Å². The lowest BCUT2D eigenvalue weighted by atomic mass is 10.1. The first-order valence-electron chi connectivity index (χ1n) is 7.65. The molecule has 1 aromatic carbocycles. The van der Waals surface area contributed by atoms with E-state index in [1.807, 2.05) is 23.7 Å². The number of hydrogen-bond acceptors (Lipinski definition) is 6. The molecule has 24 heavy (non-hydrogen) atoms. The Morgan fingerprint density at radius 3 is 2.79 bits per heavy atom. The number of aryl methyl sites for hydroxylation is 1. The van der Waals surface area contributed by atoms with Crippen LogP contribution in [0.4, 0.5) is 0 Å². The van der Waals surface area contributed by atoms with Gasteiger partial charge in [0.05, 0.1) is 31.3 Å². The highest BCUT2D eigenvalue weighted by Gasteiger charge is 2.18. The van der Waals surface area contributed by atoms with E-state index in [1.54, 1.807) is 20.4 Å². The average Bonchev–Trinajstić information content (AvgIpc) is 3.16. The van der Waals surface area contributed by atoms with Gasteiger partial charge in [0.15, 0.2) is 5.78 Å². The first-order chi connectivity index (χ1) is 11.5. The molecule has 0 aliphatic carbocycles. The molecule has 0 spiro atoms. The normalized spacial score (nSPS) is 11.1. The van der Waals surface area contributed by atoms with Crippen LogP contribution in [0.3, 0.4) is 0 Å². The van der Waals surface area contributed by atoms with Crippen molar-refractivity contribution in [1.29, 1.82) is 0 Å². The quantitative estimate of drug-likeness (QED) is 0.506. The summed E-state index contributed by atoms with van der Waals surface area (Å²) in [4.78, 5) is 28.8. The number of aromatic nitrogens is 2. The maximum absolute atomic E-state index is 12.4. The van der Waals surface area contributed by atoms with E-state index in [1.165, 1.54) is 11.3 Å². The third kappa shape index (κ3) is 2.87. The summed E-state index contributed by atoms with van der Waals surface area (Å²) in [5.74, 6) is 0.318. The van der Waals surface area contributed by atoms with E-state index in [-0.39, 0.29) is 24.6 Å². The van der Waals surface area contributed by atoms with Crippen LogP contribution in [0.25, 0.3) is 21.1 Å². The Morgan fingerprint density at radius 2 is 2.08 bits per heavy atom. The number of rotatable bonds is 6. The molecular formula is C17H18N2O4S. The number of ether oxygens (including phenoxy) is 2. The van der Waals surface area contributed by atoms with Crippen molar-refractivity contribution in [2.75, 3.05) is 13.7 Å². The molecule has 0 atom stereocenters. The van der Waals surface area contributed by atoms with Crippen LogP contribution in [-0.4, -0.2) is 35.0 Å². The highest BCUT2D eigenvalue weighted by molar-refractivity contribution is 7.21. The molecule has 3 aromatic rings. The van der Waals surface area contributed by atoms with Crippen molar-refractivity contribution in [3.8, 4) is 5.75 Å². The van der Waals surface area contributed by atoms with Gasteiger partial charge in [-0.15, -0.1) is 11.3 Å². The van der Waals surface area contributed by atoms with Crippen LogP contribution >= 0.6 is 11.3 Å². The van der Waals surface area contributed by atoms with Gasteiger partial charge in [-0.2, -0.15) is 0 Å². The number of methoxy groups -OCH3 is 1. The first-order valence-corrected chi connectivity index (χ1v) is 8.47. The van der Waals surface area contributed by atoms with Crippen molar-refractivity contribution < 1.29 is 19.1 Å². The number of hydrogen-bond donors (Lipinski definition) is 0. The number of carbonyl (C=O) groups is 2. The molecule has 0 saturated carbocycles.